The molecule has 1 saturated carbocycles. The topological polar surface area (TPSA) is 86.9 Å². The number of hydrogen-bond donors (Lipinski definition) is 3. The molecule has 1 fully saturated rings. The molecule has 0 spiro atoms. The molecule has 7 heteroatoms. The van der Waals surface area contributed by atoms with Gasteiger partial charge in [0.1, 0.15) is 11.6 Å². The number of H-pyrrole nitrogens is 1. The van der Waals surface area contributed by atoms with E-state index in [9.17, 15) is 14.0 Å². The van der Waals surface area contributed by atoms with Gasteiger partial charge in [-0.15, -0.1) is 6.58 Å². The molecular weight excluding hydrogens is 455 g/mol. The van der Waals surface area contributed by atoms with Crippen LogP contribution in [0.3, 0.4) is 0 Å². The van der Waals surface area contributed by atoms with Crippen LogP contribution in [0.2, 0.25) is 0 Å². The summed E-state index contributed by atoms with van der Waals surface area (Å²) < 4.78 is 13.1. The molecule has 1 unspecified atom stereocenters. The zero-order valence-corrected chi connectivity index (χ0v) is 19.8. The predicted molar refractivity (Wildman–Crippen MR) is 139 cm³/mol. The quantitative estimate of drug-likeness (QED) is 0.265. The van der Waals surface area contributed by atoms with Crippen molar-refractivity contribution in [3.05, 3.63) is 96.3 Å². The SMILES string of the molecule is C=CC(CC1CCC1)NC(=O)c1ccc2[nH]c(-c3ccc(NC(=O)c4ccc(F)cc4)cc3)nc2c1. The van der Waals surface area contributed by atoms with Crippen LogP contribution >= 0.6 is 0 Å². The van der Waals surface area contributed by atoms with Gasteiger partial charge in [-0.1, -0.05) is 25.3 Å². The molecule has 0 radical (unpaired) electrons. The standard InChI is InChI=1S/C29H27FN4O2/c1-2-23(16-18-4-3-5-18)31-29(36)21-10-15-25-26(17-21)34-27(33-25)19-8-13-24(14-9-19)32-28(35)20-6-11-22(30)12-7-20/h2,6-15,17-18,23H,1,3-5,16H2,(H,31,36)(H,32,35)(H,33,34). The Kier molecular flexibility index (Phi) is 6.62. The van der Waals surface area contributed by atoms with Crippen LogP contribution in [0.1, 0.15) is 46.4 Å². The Bertz CT molecular complexity index is 1410. The number of benzene rings is 3. The number of amides is 2. The molecule has 4 aromatic rings. The van der Waals surface area contributed by atoms with E-state index in [1.165, 1.54) is 43.5 Å². The molecule has 0 aliphatic heterocycles. The van der Waals surface area contributed by atoms with Crippen molar-refractivity contribution in [3.8, 4) is 11.4 Å². The van der Waals surface area contributed by atoms with Gasteiger partial charge in [-0.2, -0.15) is 0 Å². The number of aromatic nitrogens is 2. The number of nitrogens with one attached hydrogen (secondary N) is 3. The summed E-state index contributed by atoms with van der Waals surface area (Å²) in [4.78, 5) is 33.1. The number of halogens is 1. The summed E-state index contributed by atoms with van der Waals surface area (Å²) in [5, 5.41) is 5.87. The Morgan fingerprint density at radius 3 is 2.42 bits per heavy atom. The minimum Gasteiger partial charge on any atom is -0.346 e. The van der Waals surface area contributed by atoms with Gasteiger partial charge in [-0.25, -0.2) is 9.37 Å². The van der Waals surface area contributed by atoms with E-state index >= 15 is 0 Å². The second-order valence-corrected chi connectivity index (χ2v) is 9.20. The zero-order valence-electron chi connectivity index (χ0n) is 19.8. The van der Waals surface area contributed by atoms with Crippen molar-refractivity contribution < 1.29 is 14.0 Å². The maximum atomic E-state index is 13.1. The molecule has 1 aliphatic carbocycles. The Balaban J connectivity index is 1.26. The lowest BCUT2D eigenvalue weighted by molar-refractivity contribution is 0.0935. The molecule has 1 aliphatic rings. The first-order valence-electron chi connectivity index (χ1n) is 12.1. The fourth-order valence-corrected chi connectivity index (χ4v) is 4.35. The van der Waals surface area contributed by atoms with Gasteiger partial charge in [-0.05, 0) is 79.1 Å². The third-order valence-corrected chi connectivity index (χ3v) is 6.68. The molecule has 6 nitrogen and oxygen atoms in total. The molecule has 2 amide bonds. The number of anilines is 1. The number of aromatic amines is 1. The lowest BCUT2D eigenvalue weighted by Gasteiger charge is -2.28. The van der Waals surface area contributed by atoms with Crippen LogP contribution < -0.4 is 10.6 Å². The second-order valence-electron chi connectivity index (χ2n) is 9.20. The molecule has 36 heavy (non-hydrogen) atoms. The number of carbonyl (C=O) groups excluding carboxylic acids is 2. The maximum Gasteiger partial charge on any atom is 0.255 e. The summed E-state index contributed by atoms with van der Waals surface area (Å²) in [5.74, 6) is 0.496. The largest absolute Gasteiger partial charge is 0.346 e. The predicted octanol–water partition coefficient (Wildman–Crippen LogP) is 6.10. The van der Waals surface area contributed by atoms with Gasteiger partial charge in [-0.3, -0.25) is 9.59 Å². The Morgan fingerprint density at radius 2 is 1.75 bits per heavy atom. The highest BCUT2D eigenvalue weighted by atomic mass is 19.1. The molecule has 1 aromatic heterocycles. The summed E-state index contributed by atoms with van der Waals surface area (Å²) in [6.07, 6.45) is 6.47. The highest BCUT2D eigenvalue weighted by Gasteiger charge is 2.22. The summed E-state index contributed by atoms with van der Waals surface area (Å²) in [5.41, 5.74) is 3.90. The van der Waals surface area contributed by atoms with Gasteiger partial charge in [0.05, 0.1) is 11.0 Å². The minimum absolute atomic E-state index is 0.0321. The lowest BCUT2D eigenvalue weighted by atomic mass is 9.81. The molecule has 0 bridgehead atoms. The van der Waals surface area contributed by atoms with Crippen molar-refractivity contribution in [2.75, 3.05) is 5.32 Å². The zero-order chi connectivity index (χ0) is 25.1. The van der Waals surface area contributed by atoms with Crippen molar-refractivity contribution in [3.63, 3.8) is 0 Å². The molecule has 5 rings (SSSR count). The Hall–Kier alpha value is -4.26. The van der Waals surface area contributed by atoms with Crippen LogP contribution in [0.4, 0.5) is 10.1 Å². The lowest BCUT2D eigenvalue weighted by Crippen LogP contribution is -2.35. The monoisotopic (exact) mass is 482 g/mol. The van der Waals surface area contributed by atoms with Crippen molar-refractivity contribution in [1.29, 1.82) is 0 Å². The fourth-order valence-electron chi connectivity index (χ4n) is 4.35. The normalized spacial score (nSPS) is 14.1. The van der Waals surface area contributed by atoms with E-state index in [2.05, 4.69) is 27.2 Å². The van der Waals surface area contributed by atoms with Gasteiger partial charge < -0.3 is 15.6 Å². The van der Waals surface area contributed by atoms with E-state index in [-0.39, 0.29) is 23.7 Å². The summed E-state index contributed by atoms with van der Waals surface area (Å²) >= 11 is 0. The van der Waals surface area contributed by atoms with Crippen molar-refractivity contribution in [1.82, 2.24) is 15.3 Å². The number of nitrogens with zero attached hydrogens (tertiary/aromatic N) is 1. The highest BCUT2D eigenvalue weighted by Crippen LogP contribution is 2.30. The number of rotatable bonds is 8. The third kappa shape index (κ3) is 5.20. The van der Waals surface area contributed by atoms with Gasteiger partial charge in [0.25, 0.3) is 11.8 Å². The molecule has 182 valence electrons. The van der Waals surface area contributed by atoms with Crippen LogP contribution in [0, 0.1) is 11.7 Å². The van der Waals surface area contributed by atoms with Crippen molar-refractivity contribution in [2.24, 2.45) is 5.92 Å². The maximum absolute atomic E-state index is 13.1. The molecule has 3 aromatic carbocycles. The summed E-state index contributed by atoms with van der Waals surface area (Å²) in [6, 6.07) is 18.0. The van der Waals surface area contributed by atoms with Crippen LogP contribution in [0.5, 0.6) is 0 Å². The molecule has 1 heterocycles. The average Bonchev–Trinajstić information content (AvgIpc) is 3.29. The third-order valence-electron chi connectivity index (χ3n) is 6.68. The van der Waals surface area contributed by atoms with Crippen molar-refractivity contribution >= 4 is 28.5 Å². The van der Waals surface area contributed by atoms with E-state index in [0.29, 0.717) is 34.1 Å². The van der Waals surface area contributed by atoms with Crippen LogP contribution in [0.25, 0.3) is 22.4 Å². The first-order chi connectivity index (χ1) is 17.5. The van der Waals surface area contributed by atoms with Crippen LogP contribution in [-0.4, -0.2) is 27.8 Å². The number of carbonyl (C=O) groups is 2. The molecular formula is C29H27FN4O2. The average molecular weight is 483 g/mol. The summed E-state index contributed by atoms with van der Waals surface area (Å²) in [6.45, 7) is 3.88. The smallest absolute Gasteiger partial charge is 0.255 e. The molecule has 3 N–H and O–H groups in total. The fraction of sp³-hybridized carbons (Fsp3) is 0.207. The van der Waals surface area contributed by atoms with Gasteiger partial charge in [0, 0.05) is 28.4 Å². The van der Waals surface area contributed by atoms with E-state index in [1.54, 1.807) is 24.3 Å². The molecule has 0 saturated heterocycles. The van der Waals surface area contributed by atoms with E-state index < -0.39 is 0 Å². The van der Waals surface area contributed by atoms with E-state index in [1.807, 2.05) is 24.3 Å². The van der Waals surface area contributed by atoms with E-state index in [0.717, 1.165) is 17.5 Å². The first-order valence-corrected chi connectivity index (χ1v) is 12.1. The van der Waals surface area contributed by atoms with Crippen LogP contribution in [-0.2, 0) is 0 Å². The second kappa shape index (κ2) is 10.2. The number of fused-ring (bicyclic) bond motifs is 1. The summed E-state index contributed by atoms with van der Waals surface area (Å²) in [7, 11) is 0. The molecule has 1 atom stereocenters. The number of imidazole rings is 1. The Morgan fingerprint density at radius 1 is 1.03 bits per heavy atom. The Labute approximate surface area is 208 Å². The van der Waals surface area contributed by atoms with Gasteiger partial charge >= 0.3 is 0 Å². The van der Waals surface area contributed by atoms with Crippen molar-refractivity contribution in [2.45, 2.75) is 31.7 Å². The van der Waals surface area contributed by atoms with Crippen LogP contribution in [0.15, 0.2) is 79.4 Å². The highest BCUT2D eigenvalue weighted by molar-refractivity contribution is 6.04. The first kappa shape index (κ1) is 23.5. The van der Waals surface area contributed by atoms with Gasteiger partial charge in [0.15, 0.2) is 0 Å². The number of hydrogen-bond acceptors (Lipinski definition) is 3. The van der Waals surface area contributed by atoms with Gasteiger partial charge in [0.2, 0.25) is 0 Å². The minimum atomic E-state index is -0.389. The van der Waals surface area contributed by atoms with E-state index in [4.69, 9.17) is 0 Å².